The molecule has 2 heterocycles. The molecule has 1 atom stereocenters. The van der Waals surface area contributed by atoms with E-state index in [4.69, 9.17) is 4.74 Å². The van der Waals surface area contributed by atoms with Gasteiger partial charge in [-0.1, -0.05) is 30.3 Å². The topological polar surface area (TPSA) is 73.2 Å². The van der Waals surface area contributed by atoms with Gasteiger partial charge in [0, 0.05) is 30.1 Å². The Morgan fingerprint density at radius 2 is 1.81 bits per heavy atom. The molecule has 1 N–H and O–H groups in total. The minimum absolute atomic E-state index is 0.232. The predicted octanol–water partition coefficient (Wildman–Crippen LogP) is 4.58. The maximum Gasteiger partial charge on any atom is 0.339 e. The van der Waals surface area contributed by atoms with Crippen molar-refractivity contribution in [3.05, 3.63) is 114 Å². The third kappa shape index (κ3) is 3.83. The van der Waals surface area contributed by atoms with Crippen LogP contribution in [0.2, 0.25) is 0 Å². The third-order valence-corrected chi connectivity index (χ3v) is 5.31. The van der Waals surface area contributed by atoms with E-state index in [0.717, 1.165) is 16.8 Å². The molecule has 1 aromatic heterocycles. The lowest BCUT2D eigenvalue weighted by Crippen LogP contribution is -2.23. The van der Waals surface area contributed by atoms with Crippen molar-refractivity contribution in [2.24, 2.45) is 0 Å². The monoisotopic (exact) mass is 409 g/mol. The molecule has 0 radical (unpaired) electrons. The van der Waals surface area contributed by atoms with Crippen LogP contribution in [0, 0.1) is 0 Å². The molecule has 4 aromatic rings. The van der Waals surface area contributed by atoms with Gasteiger partial charge in [0.25, 0.3) is 5.91 Å². The van der Waals surface area contributed by atoms with Crippen LogP contribution < -0.4 is 5.32 Å². The smallest absolute Gasteiger partial charge is 0.339 e. The van der Waals surface area contributed by atoms with E-state index in [0.29, 0.717) is 23.2 Å². The minimum atomic E-state index is -0.365. The Balaban J connectivity index is 1.34. The number of carbonyl (C=O) groups is 2. The second-order valence-electron chi connectivity index (χ2n) is 7.33. The van der Waals surface area contributed by atoms with Crippen LogP contribution in [0.15, 0.2) is 91.3 Å². The lowest BCUT2D eigenvalue weighted by atomic mass is 9.93. The molecular weight excluding hydrogens is 390 g/mol. The van der Waals surface area contributed by atoms with Gasteiger partial charge in [0.05, 0.1) is 11.3 Å². The van der Waals surface area contributed by atoms with E-state index < -0.39 is 0 Å². The lowest BCUT2D eigenvalue weighted by Gasteiger charge is -2.25. The molecule has 5 rings (SSSR count). The first-order valence-corrected chi connectivity index (χ1v) is 9.98. The van der Waals surface area contributed by atoms with Crippen LogP contribution >= 0.6 is 0 Å². The van der Waals surface area contributed by atoms with Crippen molar-refractivity contribution < 1.29 is 14.3 Å². The van der Waals surface area contributed by atoms with E-state index in [1.54, 1.807) is 29.1 Å². The van der Waals surface area contributed by atoms with Gasteiger partial charge in [-0.3, -0.25) is 4.79 Å². The lowest BCUT2D eigenvalue weighted by molar-refractivity contribution is 0.0252. The minimum Gasteiger partial charge on any atom is -0.454 e. The van der Waals surface area contributed by atoms with Gasteiger partial charge in [-0.05, 0) is 59.7 Å². The van der Waals surface area contributed by atoms with Crippen molar-refractivity contribution in [3.63, 3.8) is 0 Å². The van der Waals surface area contributed by atoms with E-state index in [1.807, 2.05) is 66.9 Å². The summed E-state index contributed by atoms with van der Waals surface area (Å²) in [6.45, 7) is 0. The number of ether oxygens (including phenoxy) is 1. The Bertz CT molecular complexity index is 1230. The number of nitrogens with one attached hydrogen (secondary N) is 1. The zero-order valence-corrected chi connectivity index (χ0v) is 16.6. The summed E-state index contributed by atoms with van der Waals surface area (Å²) in [5.74, 6) is -0.596. The van der Waals surface area contributed by atoms with Crippen molar-refractivity contribution in [1.29, 1.82) is 0 Å². The van der Waals surface area contributed by atoms with Crippen LogP contribution in [0.3, 0.4) is 0 Å². The second kappa shape index (κ2) is 7.91. The van der Waals surface area contributed by atoms with E-state index in [1.165, 1.54) is 0 Å². The number of esters is 1. The highest BCUT2D eigenvalue weighted by Crippen LogP contribution is 2.31. The summed E-state index contributed by atoms with van der Waals surface area (Å²) in [6.07, 6.45) is 3.75. The Labute approximate surface area is 179 Å². The fraction of sp³-hybridized carbons (Fsp3) is 0.0800. The van der Waals surface area contributed by atoms with E-state index in [9.17, 15) is 9.59 Å². The van der Waals surface area contributed by atoms with Gasteiger partial charge in [0.2, 0.25) is 0 Å². The molecule has 1 unspecified atom stereocenters. The molecular formula is C25H19N3O3. The van der Waals surface area contributed by atoms with Crippen molar-refractivity contribution in [2.75, 3.05) is 5.32 Å². The van der Waals surface area contributed by atoms with Crippen LogP contribution in [0.1, 0.15) is 37.9 Å². The Morgan fingerprint density at radius 1 is 1.00 bits per heavy atom. The maximum atomic E-state index is 12.8. The average molecular weight is 409 g/mol. The van der Waals surface area contributed by atoms with Crippen LogP contribution in [0.5, 0.6) is 0 Å². The third-order valence-electron chi connectivity index (χ3n) is 5.31. The molecule has 1 aliphatic heterocycles. The maximum absolute atomic E-state index is 12.8. The van der Waals surface area contributed by atoms with Gasteiger partial charge in [-0.2, -0.15) is 5.10 Å². The normalized spacial score (nSPS) is 15.1. The molecule has 6 nitrogen and oxygen atoms in total. The first-order valence-electron chi connectivity index (χ1n) is 9.98. The van der Waals surface area contributed by atoms with Crippen LogP contribution in [0.25, 0.3) is 5.69 Å². The van der Waals surface area contributed by atoms with Crippen LogP contribution in [-0.2, 0) is 11.2 Å². The highest BCUT2D eigenvalue weighted by molar-refractivity contribution is 6.05. The molecule has 6 heteroatoms. The van der Waals surface area contributed by atoms with Gasteiger partial charge in [0.15, 0.2) is 0 Å². The highest BCUT2D eigenvalue weighted by atomic mass is 16.5. The standard InChI is InChI=1S/C25H19N3O3/c29-24(27-20-8-10-21(11-9-20)28-14-4-13-26-28)18-7-12-22-19(15-18)16-23(31-25(22)30)17-5-2-1-3-6-17/h1-15,23H,16H2,(H,27,29). The fourth-order valence-corrected chi connectivity index (χ4v) is 3.71. The quantitative estimate of drug-likeness (QED) is 0.501. The molecule has 31 heavy (non-hydrogen) atoms. The molecule has 152 valence electrons. The summed E-state index contributed by atoms with van der Waals surface area (Å²) in [4.78, 5) is 25.2. The molecule has 3 aromatic carbocycles. The van der Waals surface area contributed by atoms with Crippen LogP contribution in [-0.4, -0.2) is 21.7 Å². The molecule has 0 aliphatic carbocycles. The largest absolute Gasteiger partial charge is 0.454 e. The number of benzene rings is 3. The van der Waals surface area contributed by atoms with E-state index in [-0.39, 0.29) is 18.0 Å². The first kappa shape index (κ1) is 18.8. The molecule has 0 bridgehead atoms. The summed E-state index contributed by atoms with van der Waals surface area (Å²) < 4.78 is 7.34. The number of carbonyl (C=O) groups excluding carboxylic acids is 2. The highest BCUT2D eigenvalue weighted by Gasteiger charge is 2.28. The zero-order valence-electron chi connectivity index (χ0n) is 16.6. The summed E-state index contributed by atoms with van der Waals surface area (Å²) in [5.41, 5.74) is 4.34. The average Bonchev–Trinajstić information content (AvgIpc) is 3.35. The molecule has 0 saturated carbocycles. The van der Waals surface area contributed by atoms with E-state index >= 15 is 0 Å². The SMILES string of the molecule is O=C(Nc1ccc(-n2cccn2)cc1)c1ccc2c(c1)CC(c1ccccc1)OC2=O. The Kier molecular flexibility index (Phi) is 4.80. The summed E-state index contributed by atoms with van der Waals surface area (Å²) in [6, 6.07) is 24.0. The van der Waals surface area contributed by atoms with Gasteiger partial charge in [-0.25, -0.2) is 9.48 Å². The van der Waals surface area contributed by atoms with Crippen molar-refractivity contribution in [3.8, 4) is 5.69 Å². The number of cyclic esters (lactones) is 1. The molecule has 1 aliphatic rings. The number of hydrogen-bond acceptors (Lipinski definition) is 4. The van der Waals surface area contributed by atoms with Gasteiger partial charge in [-0.15, -0.1) is 0 Å². The van der Waals surface area contributed by atoms with Crippen molar-refractivity contribution in [1.82, 2.24) is 9.78 Å². The zero-order chi connectivity index (χ0) is 21.2. The summed E-state index contributed by atoms with van der Waals surface area (Å²) in [7, 11) is 0. The van der Waals surface area contributed by atoms with Crippen molar-refractivity contribution >= 4 is 17.6 Å². The van der Waals surface area contributed by atoms with Gasteiger partial charge >= 0.3 is 5.97 Å². The van der Waals surface area contributed by atoms with E-state index in [2.05, 4.69) is 10.4 Å². The molecule has 0 fully saturated rings. The number of nitrogens with zero attached hydrogens (tertiary/aromatic N) is 2. The fourth-order valence-electron chi connectivity index (χ4n) is 3.71. The summed E-state index contributed by atoms with van der Waals surface area (Å²) >= 11 is 0. The van der Waals surface area contributed by atoms with Crippen molar-refractivity contribution in [2.45, 2.75) is 12.5 Å². The number of hydrogen-bond donors (Lipinski definition) is 1. The summed E-state index contributed by atoms with van der Waals surface area (Å²) in [5, 5.41) is 7.10. The Hall–Kier alpha value is -4.19. The second-order valence-corrected chi connectivity index (χ2v) is 7.33. The molecule has 1 amide bonds. The van der Waals surface area contributed by atoms with Crippen LogP contribution in [0.4, 0.5) is 5.69 Å². The number of rotatable bonds is 4. The van der Waals surface area contributed by atoms with Gasteiger partial charge < -0.3 is 10.1 Å². The molecule has 0 spiro atoms. The predicted molar refractivity (Wildman–Crippen MR) is 116 cm³/mol. The van der Waals surface area contributed by atoms with Gasteiger partial charge in [0.1, 0.15) is 6.10 Å². The molecule has 0 saturated heterocycles. The number of fused-ring (bicyclic) bond motifs is 1. The number of amides is 1. The first-order chi connectivity index (χ1) is 15.2. The number of aromatic nitrogens is 2. The Morgan fingerprint density at radius 3 is 2.55 bits per heavy atom. The number of anilines is 1.